The predicted molar refractivity (Wildman–Crippen MR) is 90.6 cm³/mol. The third-order valence-corrected chi connectivity index (χ3v) is 6.72. The van der Waals surface area contributed by atoms with Crippen LogP contribution >= 0.6 is 11.3 Å². The molecule has 0 radical (unpaired) electrons. The number of nitrogens with zero attached hydrogens (tertiary/aromatic N) is 1. The minimum Gasteiger partial charge on any atom is -0.356 e. The Morgan fingerprint density at radius 2 is 1.91 bits per heavy atom. The summed E-state index contributed by atoms with van der Waals surface area (Å²) < 4.78 is 27.5. The number of hydrogen-bond acceptors (Lipinski definition) is 4. The maximum atomic E-state index is 12.8. The number of hydrogen-bond donors (Lipinski definition) is 1. The molecule has 1 rings (SSSR count). The van der Waals surface area contributed by atoms with Crippen molar-refractivity contribution >= 4 is 27.3 Å². The lowest BCUT2D eigenvalue weighted by molar-refractivity contribution is -0.118. The molecule has 0 saturated carbocycles. The zero-order valence-electron chi connectivity index (χ0n) is 13.9. The van der Waals surface area contributed by atoms with E-state index >= 15 is 0 Å². The summed E-state index contributed by atoms with van der Waals surface area (Å²) in [5.74, 6) is 0.198. The average molecular weight is 347 g/mol. The van der Waals surface area contributed by atoms with E-state index in [4.69, 9.17) is 0 Å². The maximum Gasteiger partial charge on any atom is 0.252 e. The Hall–Kier alpha value is -0.920. The zero-order valence-corrected chi connectivity index (χ0v) is 15.6. The second-order valence-corrected chi connectivity index (χ2v) is 9.30. The highest BCUT2D eigenvalue weighted by Gasteiger charge is 2.28. The van der Waals surface area contributed by atoms with Crippen molar-refractivity contribution in [1.82, 2.24) is 9.62 Å². The Bertz CT molecular complexity index is 592. The summed E-state index contributed by atoms with van der Waals surface area (Å²) in [7, 11) is -3.45. The van der Waals surface area contributed by atoms with E-state index in [2.05, 4.69) is 5.32 Å². The molecule has 1 aromatic heterocycles. The highest BCUT2D eigenvalue weighted by molar-refractivity contribution is 7.91. The highest BCUT2D eigenvalue weighted by Crippen LogP contribution is 2.27. The molecule has 0 aliphatic heterocycles. The van der Waals surface area contributed by atoms with Gasteiger partial charge in [-0.25, -0.2) is 8.42 Å². The molecule has 0 aliphatic rings. The second kappa shape index (κ2) is 8.08. The van der Waals surface area contributed by atoms with Gasteiger partial charge in [0.05, 0.1) is 0 Å². The molecule has 0 aromatic carbocycles. The zero-order chi connectivity index (χ0) is 16.9. The molecule has 5 nitrogen and oxygen atoms in total. The highest BCUT2D eigenvalue weighted by atomic mass is 32.2. The molecule has 126 valence electrons. The van der Waals surface area contributed by atoms with Crippen LogP contribution in [0.4, 0.5) is 0 Å². The van der Waals surface area contributed by atoms with Gasteiger partial charge in [0.2, 0.25) is 5.91 Å². The van der Waals surface area contributed by atoms with Crippen LogP contribution in [0.25, 0.3) is 0 Å². The van der Waals surface area contributed by atoms with Gasteiger partial charge in [0, 0.05) is 30.9 Å². The van der Waals surface area contributed by atoms with E-state index in [0.717, 1.165) is 4.88 Å². The summed E-state index contributed by atoms with van der Waals surface area (Å²) in [4.78, 5) is 11.8. The maximum absolute atomic E-state index is 12.8. The van der Waals surface area contributed by atoms with Crippen molar-refractivity contribution < 1.29 is 13.2 Å². The molecule has 22 heavy (non-hydrogen) atoms. The molecule has 0 saturated heterocycles. The summed E-state index contributed by atoms with van der Waals surface area (Å²) >= 11 is 1.28. The van der Waals surface area contributed by atoms with Gasteiger partial charge in [0.25, 0.3) is 10.0 Å². The van der Waals surface area contributed by atoms with Crippen LogP contribution in [0.1, 0.15) is 39.5 Å². The Kier molecular flexibility index (Phi) is 7.02. The average Bonchev–Trinajstić information content (AvgIpc) is 2.84. The molecule has 0 spiro atoms. The van der Waals surface area contributed by atoms with Crippen molar-refractivity contribution in [3.05, 3.63) is 17.0 Å². The van der Waals surface area contributed by atoms with Crippen molar-refractivity contribution in [1.29, 1.82) is 0 Å². The van der Waals surface area contributed by atoms with Crippen molar-refractivity contribution in [3.63, 3.8) is 0 Å². The van der Waals surface area contributed by atoms with Crippen LogP contribution in [-0.2, 0) is 21.2 Å². The van der Waals surface area contributed by atoms with E-state index in [1.54, 1.807) is 10.4 Å². The van der Waals surface area contributed by atoms with E-state index in [9.17, 15) is 13.2 Å². The first-order valence-corrected chi connectivity index (χ1v) is 9.75. The van der Waals surface area contributed by atoms with Gasteiger partial charge in [-0.15, -0.1) is 11.3 Å². The number of thiophene rings is 1. The van der Waals surface area contributed by atoms with E-state index in [0.29, 0.717) is 23.7 Å². The molecule has 0 aliphatic carbocycles. The van der Waals surface area contributed by atoms with Crippen molar-refractivity contribution in [3.8, 4) is 0 Å². The third-order valence-electron chi connectivity index (χ3n) is 3.07. The Labute approximate surface area is 137 Å². The molecule has 1 amide bonds. The van der Waals surface area contributed by atoms with Crippen LogP contribution in [0.15, 0.2) is 16.3 Å². The van der Waals surface area contributed by atoms with Gasteiger partial charge in [-0.3, -0.25) is 4.79 Å². The number of amides is 1. The topological polar surface area (TPSA) is 66.5 Å². The van der Waals surface area contributed by atoms with Crippen LogP contribution in [0, 0.1) is 5.92 Å². The first-order valence-electron chi connectivity index (χ1n) is 7.49. The van der Waals surface area contributed by atoms with Gasteiger partial charge in [0.15, 0.2) is 0 Å². The molecule has 0 bridgehead atoms. The summed E-state index contributed by atoms with van der Waals surface area (Å²) in [5.41, 5.74) is 0. The van der Waals surface area contributed by atoms with Crippen LogP contribution in [0.2, 0.25) is 0 Å². The Balaban J connectivity index is 2.88. The number of carbonyl (C=O) groups is 1. The number of sulfonamides is 1. The van der Waals surface area contributed by atoms with Gasteiger partial charge < -0.3 is 5.32 Å². The molecular weight excluding hydrogens is 320 g/mol. The molecule has 7 heteroatoms. The van der Waals surface area contributed by atoms with Crippen LogP contribution in [0.3, 0.4) is 0 Å². The van der Waals surface area contributed by atoms with E-state index in [1.807, 2.05) is 33.8 Å². The molecule has 1 N–H and O–H groups in total. The Morgan fingerprint density at radius 1 is 1.27 bits per heavy atom. The molecule has 0 unspecified atom stereocenters. The number of nitrogens with one attached hydrogen (secondary N) is 1. The van der Waals surface area contributed by atoms with Crippen molar-refractivity contribution in [2.75, 3.05) is 13.1 Å². The van der Waals surface area contributed by atoms with Crippen molar-refractivity contribution in [2.24, 2.45) is 5.92 Å². The predicted octanol–water partition coefficient (Wildman–Crippen LogP) is 2.48. The van der Waals surface area contributed by atoms with E-state index < -0.39 is 10.0 Å². The van der Waals surface area contributed by atoms with Crippen LogP contribution in [-0.4, -0.2) is 37.8 Å². The first kappa shape index (κ1) is 19.1. The summed E-state index contributed by atoms with van der Waals surface area (Å²) in [5, 5.41) is 2.72. The third kappa shape index (κ3) is 5.37. The lowest BCUT2D eigenvalue weighted by Crippen LogP contribution is -2.39. The van der Waals surface area contributed by atoms with Gasteiger partial charge in [-0.05, 0) is 38.3 Å². The van der Waals surface area contributed by atoms with Crippen LogP contribution < -0.4 is 5.32 Å². The fraction of sp³-hybridized carbons (Fsp3) is 0.667. The summed E-state index contributed by atoms with van der Waals surface area (Å²) in [6.07, 6.45) is 0.644. The fourth-order valence-corrected chi connectivity index (χ4v) is 5.34. The largest absolute Gasteiger partial charge is 0.356 e. The molecule has 0 fully saturated rings. The molecule has 1 heterocycles. The monoisotopic (exact) mass is 346 g/mol. The normalized spacial score (nSPS) is 12.4. The fourth-order valence-electron chi connectivity index (χ4n) is 2.05. The molecule has 1 aromatic rings. The van der Waals surface area contributed by atoms with Gasteiger partial charge >= 0.3 is 0 Å². The SMILES string of the molecule is CC(=O)NCCc1ccc(S(=O)(=O)N(CC(C)C)C(C)C)s1. The first-order chi connectivity index (χ1) is 10.1. The standard InChI is InChI=1S/C15H26N2O3S2/c1-11(2)10-17(12(3)4)22(19,20)15-7-6-14(21-15)8-9-16-13(5)18/h6-7,11-12H,8-10H2,1-5H3,(H,16,18). The summed E-state index contributed by atoms with van der Waals surface area (Å²) in [6, 6.07) is 3.42. The minimum atomic E-state index is -3.45. The molecule has 0 atom stereocenters. The van der Waals surface area contributed by atoms with Crippen LogP contribution in [0.5, 0.6) is 0 Å². The van der Waals surface area contributed by atoms with Crippen molar-refractivity contribution in [2.45, 2.75) is 51.3 Å². The Morgan fingerprint density at radius 3 is 2.41 bits per heavy atom. The minimum absolute atomic E-state index is 0.0719. The lowest BCUT2D eigenvalue weighted by Gasteiger charge is -2.26. The smallest absolute Gasteiger partial charge is 0.252 e. The van der Waals surface area contributed by atoms with E-state index in [-0.39, 0.29) is 17.9 Å². The second-order valence-electron chi connectivity index (χ2n) is 6.02. The van der Waals surface area contributed by atoms with Gasteiger partial charge in [-0.2, -0.15) is 4.31 Å². The molecular formula is C15H26N2O3S2. The number of carbonyl (C=O) groups excluding carboxylic acids is 1. The summed E-state index contributed by atoms with van der Waals surface area (Å²) in [6.45, 7) is 10.3. The van der Waals surface area contributed by atoms with Gasteiger partial charge in [0.1, 0.15) is 4.21 Å². The van der Waals surface area contributed by atoms with Gasteiger partial charge in [-0.1, -0.05) is 13.8 Å². The quantitative estimate of drug-likeness (QED) is 0.786. The lowest BCUT2D eigenvalue weighted by atomic mass is 10.2. The number of rotatable bonds is 8. The van der Waals surface area contributed by atoms with E-state index in [1.165, 1.54) is 18.3 Å².